The van der Waals surface area contributed by atoms with E-state index in [0.717, 1.165) is 6.42 Å². The first-order valence-electron chi connectivity index (χ1n) is 4.20. The van der Waals surface area contributed by atoms with E-state index in [9.17, 15) is 4.79 Å². The Labute approximate surface area is 87.0 Å². The van der Waals surface area contributed by atoms with Crippen molar-refractivity contribution in [3.63, 3.8) is 0 Å². The normalized spacial score (nSPS) is 12.5. The standard InChI is InChI=1S/C7H12N4O2S/c1-3-5(14)7-8-9-10-11(7)4-6(12)13-2/h5,14H,3-4H2,1-2H3. The zero-order valence-electron chi connectivity index (χ0n) is 8.04. The van der Waals surface area contributed by atoms with E-state index in [1.54, 1.807) is 0 Å². The van der Waals surface area contributed by atoms with Gasteiger partial charge in [-0.2, -0.15) is 12.6 Å². The largest absolute Gasteiger partial charge is 0.468 e. The molecule has 1 aromatic rings. The lowest BCUT2D eigenvalue weighted by Crippen LogP contribution is -2.16. The Balaban J connectivity index is 2.77. The van der Waals surface area contributed by atoms with E-state index in [1.165, 1.54) is 11.8 Å². The second kappa shape index (κ2) is 4.94. The van der Waals surface area contributed by atoms with Crippen LogP contribution < -0.4 is 0 Å². The molecule has 1 aromatic heterocycles. The molecule has 0 aliphatic rings. The van der Waals surface area contributed by atoms with E-state index < -0.39 is 0 Å². The number of carbonyl (C=O) groups is 1. The van der Waals surface area contributed by atoms with Gasteiger partial charge in [-0.1, -0.05) is 6.92 Å². The molecule has 7 heteroatoms. The van der Waals surface area contributed by atoms with Gasteiger partial charge in [0.1, 0.15) is 6.54 Å². The minimum Gasteiger partial charge on any atom is -0.468 e. The highest BCUT2D eigenvalue weighted by atomic mass is 32.1. The quantitative estimate of drug-likeness (QED) is 0.576. The van der Waals surface area contributed by atoms with Crippen LogP contribution >= 0.6 is 12.6 Å². The van der Waals surface area contributed by atoms with Gasteiger partial charge in [-0.05, 0) is 16.8 Å². The number of esters is 1. The van der Waals surface area contributed by atoms with Gasteiger partial charge < -0.3 is 4.74 Å². The molecular weight excluding hydrogens is 204 g/mol. The highest BCUT2D eigenvalue weighted by Gasteiger charge is 2.15. The first kappa shape index (κ1) is 11.0. The van der Waals surface area contributed by atoms with E-state index in [-0.39, 0.29) is 17.8 Å². The Morgan fingerprint density at radius 3 is 3.00 bits per heavy atom. The lowest BCUT2D eigenvalue weighted by atomic mass is 10.3. The van der Waals surface area contributed by atoms with Crippen molar-refractivity contribution in [3.05, 3.63) is 5.82 Å². The number of thiol groups is 1. The fraction of sp³-hybridized carbons (Fsp3) is 0.714. The Morgan fingerprint density at radius 2 is 2.43 bits per heavy atom. The number of methoxy groups -OCH3 is 1. The molecule has 0 radical (unpaired) electrons. The first-order valence-corrected chi connectivity index (χ1v) is 4.71. The maximum absolute atomic E-state index is 11.0. The van der Waals surface area contributed by atoms with Crippen LogP contribution in [0.25, 0.3) is 0 Å². The molecule has 1 atom stereocenters. The molecule has 0 bridgehead atoms. The van der Waals surface area contributed by atoms with Crippen LogP contribution in [-0.4, -0.2) is 33.3 Å². The number of hydrogen-bond donors (Lipinski definition) is 1. The van der Waals surface area contributed by atoms with Gasteiger partial charge in [-0.15, -0.1) is 5.10 Å². The van der Waals surface area contributed by atoms with Crippen molar-refractivity contribution in [1.29, 1.82) is 0 Å². The number of ether oxygens (including phenoxy) is 1. The zero-order valence-corrected chi connectivity index (χ0v) is 8.94. The lowest BCUT2D eigenvalue weighted by Gasteiger charge is -2.06. The number of rotatable bonds is 4. The van der Waals surface area contributed by atoms with Gasteiger partial charge in [0.15, 0.2) is 5.82 Å². The topological polar surface area (TPSA) is 69.9 Å². The number of nitrogens with zero attached hydrogens (tertiary/aromatic N) is 4. The summed E-state index contributed by atoms with van der Waals surface area (Å²) in [5.74, 6) is 0.205. The fourth-order valence-electron chi connectivity index (χ4n) is 0.932. The minimum absolute atomic E-state index is 0.0237. The van der Waals surface area contributed by atoms with Crippen LogP contribution in [0, 0.1) is 0 Å². The monoisotopic (exact) mass is 216 g/mol. The number of hydrogen-bond acceptors (Lipinski definition) is 6. The van der Waals surface area contributed by atoms with E-state index in [0.29, 0.717) is 5.82 Å². The highest BCUT2D eigenvalue weighted by molar-refractivity contribution is 7.80. The van der Waals surface area contributed by atoms with Crippen molar-refractivity contribution in [2.45, 2.75) is 25.1 Å². The summed E-state index contributed by atoms with van der Waals surface area (Å²) in [6.07, 6.45) is 0.796. The molecule has 0 saturated heterocycles. The van der Waals surface area contributed by atoms with Crippen molar-refractivity contribution < 1.29 is 9.53 Å². The SMILES string of the molecule is CCC(S)c1nnnn1CC(=O)OC. The van der Waals surface area contributed by atoms with Gasteiger partial charge >= 0.3 is 5.97 Å². The van der Waals surface area contributed by atoms with Crippen LogP contribution in [0.2, 0.25) is 0 Å². The van der Waals surface area contributed by atoms with E-state index >= 15 is 0 Å². The van der Waals surface area contributed by atoms with Gasteiger partial charge in [0.25, 0.3) is 0 Å². The maximum atomic E-state index is 11.0. The molecule has 0 spiro atoms. The average molecular weight is 216 g/mol. The molecule has 6 nitrogen and oxygen atoms in total. The van der Waals surface area contributed by atoms with E-state index in [4.69, 9.17) is 0 Å². The van der Waals surface area contributed by atoms with Gasteiger partial charge in [0.2, 0.25) is 0 Å². The summed E-state index contributed by atoms with van der Waals surface area (Å²) in [6, 6.07) is 0. The first-order chi connectivity index (χ1) is 6.69. The summed E-state index contributed by atoms with van der Waals surface area (Å²) in [5, 5.41) is 10.9. The predicted molar refractivity (Wildman–Crippen MR) is 51.9 cm³/mol. The van der Waals surface area contributed by atoms with E-state index in [1.807, 2.05) is 6.92 Å². The molecule has 0 saturated carbocycles. The Hall–Kier alpha value is -1.11. The van der Waals surface area contributed by atoms with Crippen LogP contribution in [-0.2, 0) is 16.1 Å². The third-order valence-electron chi connectivity index (χ3n) is 1.75. The molecule has 0 N–H and O–H groups in total. The molecule has 0 aromatic carbocycles. The molecule has 0 aliphatic heterocycles. The number of tetrazole rings is 1. The van der Waals surface area contributed by atoms with Gasteiger partial charge in [0.05, 0.1) is 12.4 Å². The molecular formula is C7H12N4O2S. The fourth-order valence-corrected chi connectivity index (χ4v) is 1.12. The summed E-state index contributed by atoms with van der Waals surface area (Å²) in [4.78, 5) is 11.0. The molecule has 0 fully saturated rings. The van der Waals surface area contributed by atoms with Crippen LogP contribution in [0.15, 0.2) is 0 Å². The Kier molecular flexibility index (Phi) is 3.87. The van der Waals surface area contributed by atoms with Crippen molar-refractivity contribution in [2.75, 3.05) is 7.11 Å². The third-order valence-corrected chi connectivity index (χ3v) is 2.35. The highest BCUT2D eigenvalue weighted by Crippen LogP contribution is 2.19. The number of aromatic nitrogens is 4. The minimum atomic E-state index is -0.379. The lowest BCUT2D eigenvalue weighted by molar-refractivity contribution is -0.141. The number of carbonyl (C=O) groups excluding carboxylic acids is 1. The van der Waals surface area contributed by atoms with Gasteiger partial charge in [-0.3, -0.25) is 4.79 Å². The Morgan fingerprint density at radius 1 is 1.71 bits per heavy atom. The van der Waals surface area contributed by atoms with Crippen molar-refractivity contribution >= 4 is 18.6 Å². The summed E-state index contributed by atoms with van der Waals surface area (Å²) >= 11 is 4.29. The summed E-state index contributed by atoms with van der Waals surface area (Å²) in [6.45, 7) is 1.99. The molecule has 0 aliphatic carbocycles. The molecule has 14 heavy (non-hydrogen) atoms. The van der Waals surface area contributed by atoms with E-state index in [2.05, 4.69) is 32.9 Å². The second-order valence-electron chi connectivity index (χ2n) is 2.69. The van der Waals surface area contributed by atoms with Crippen LogP contribution in [0.4, 0.5) is 0 Å². The predicted octanol–water partition coefficient (Wildman–Crippen LogP) is 0.227. The summed E-state index contributed by atoms with van der Waals surface area (Å²) in [5.41, 5.74) is 0. The summed E-state index contributed by atoms with van der Waals surface area (Å²) in [7, 11) is 1.32. The second-order valence-corrected chi connectivity index (χ2v) is 3.32. The maximum Gasteiger partial charge on any atom is 0.327 e. The Bertz CT molecular complexity index is 314. The molecule has 1 rings (SSSR count). The van der Waals surface area contributed by atoms with Crippen LogP contribution in [0.3, 0.4) is 0 Å². The molecule has 1 heterocycles. The smallest absolute Gasteiger partial charge is 0.327 e. The molecule has 78 valence electrons. The van der Waals surface area contributed by atoms with Crippen LogP contribution in [0.5, 0.6) is 0 Å². The van der Waals surface area contributed by atoms with Crippen molar-refractivity contribution in [2.24, 2.45) is 0 Å². The zero-order chi connectivity index (χ0) is 10.6. The summed E-state index contributed by atoms with van der Waals surface area (Å²) < 4.78 is 5.91. The van der Waals surface area contributed by atoms with Crippen molar-refractivity contribution in [1.82, 2.24) is 20.2 Å². The average Bonchev–Trinajstić information content (AvgIpc) is 2.64. The third kappa shape index (κ3) is 2.44. The van der Waals surface area contributed by atoms with Crippen LogP contribution in [0.1, 0.15) is 24.4 Å². The molecule has 0 amide bonds. The van der Waals surface area contributed by atoms with Gasteiger partial charge in [-0.25, -0.2) is 4.68 Å². The van der Waals surface area contributed by atoms with Crippen molar-refractivity contribution in [3.8, 4) is 0 Å². The van der Waals surface area contributed by atoms with Gasteiger partial charge in [0, 0.05) is 0 Å². The molecule has 1 unspecified atom stereocenters.